The molecule has 0 spiro atoms. The number of rotatable bonds is 16. The molecule has 0 aromatic heterocycles. The van der Waals surface area contributed by atoms with Gasteiger partial charge in [0.2, 0.25) is 5.91 Å². The Morgan fingerprint density at radius 2 is 1.40 bits per heavy atom. The van der Waals surface area contributed by atoms with Crippen molar-refractivity contribution >= 4 is 31.2 Å². The van der Waals surface area contributed by atoms with Crippen molar-refractivity contribution in [3.05, 3.63) is 53.1 Å². The zero-order valence-electron chi connectivity index (χ0n) is 38.9. The Kier molecular flexibility index (Phi) is 14.8. The Morgan fingerprint density at radius 1 is 0.806 bits per heavy atom. The predicted octanol–water partition coefficient (Wildman–Crippen LogP) is 7.00. The van der Waals surface area contributed by atoms with Crippen LogP contribution >= 0.6 is 0 Å². The van der Waals surface area contributed by atoms with Crippen molar-refractivity contribution in [2.75, 3.05) is 33.4 Å². The number of nitrogens with one attached hydrogen (secondary N) is 3. The smallest absolute Gasteiger partial charge is 0.482 e. The van der Waals surface area contributed by atoms with Gasteiger partial charge in [-0.25, -0.2) is 14.4 Å². The number of alkyl carbamates (subject to hydrolysis) is 2. The number of para-hydroxylation sites is 1. The van der Waals surface area contributed by atoms with E-state index in [0.29, 0.717) is 40.2 Å². The van der Waals surface area contributed by atoms with Gasteiger partial charge < -0.3 is 53.7 Å². The molecule has 1 heterocycles. The highest BCUT2D eigenvalue weighted by Gasteiger charge is 2.68. The standard InChI is InChI=1S/C46H68BN3O12/c1-42(2,3)58-39(52)31-16-14-15-29(38(31)55-13)25-36(47-61-35-27-30-26-34(45(30,10)11)46(35,12)62-47)50-37(51)24-28-17-18-32(56-21-19-48-40(53)59-43(4,5)6)33(23-28)57-22-20-49-41(54)60-44(7,8)9/h14-18,23,30,34-36H,19-22,24-27H2,1-13H3,(H,48,53)(H,49,54)(H,50,51)/t30?,34?,35?,36-,46?/m0/s1. The van der Waals surface area contributed by atoms with E-state index in [1.165, 1.54) is 7.11 Å². The molecule has 15 nitrogen and oxygen atoms in total. The third-order valence-corrected chi connectivity index (χ3v) is 11.4. The molecule has 3 N–H and O–H groups in total. The summed E-state index contributed by atoms with van der Waals surface area (Å²) in [5, 5.41) is 8.55. The van der Waals surface area contributed by atoms with E-state index in [9.17, 15) is 19.2 Å². The second-order valence-corrected chi connectivity index (χ2v) is 20.2. The minimum absolute atomic E-state index is 0.0380. The van der Waals surface area contributed by atoms with Crippen molar-refractivity contribution in [2.24, 2.45) is 17.3 Å². The van der Waals surface area contributed by atoms with Crippen LogP contribution in [-0.4, -0.2) is 99.0 Å². The fraction of sp³-hybridized carbons (Fsp3) is 0.652. The highest BCUT2D eigenvalue weighted by Crippen LogP contribution is 2.65. The molecular formula is C46H68BN3O12. The maximum Gasteiger partial charge on any atom is 0.482 e. The Hall–Kier alpha value is -4.70. The van der Waals surface area contributed by atoms with Gasteiger partial charge in [-0.05, 0) is 135 Å². The number of esters is 1. The quantitative estimate of drug-likeness (QED) is 0.0683. The van der Waals surface area contributed by atoms with Crippen molar-refractivity contribution in [1.29, 1.82) is 0 Å². The van der Waals surface area contributed by atoms with E-state index in [4.69, 9.17) is 37.7 Å². The van der Waals surface area contributed by atoms with Gasteiger partial charge in [-0.1, -0.05) is 32.0 Å². The number of methoxy groups -OCH3 is 1. The van der Waals surface area contributed by atoms with Crippen LogP contribution in [0.2, 0.25) is 0 Å². The fourth-order valence-electron chi connectivity index (χ4n) is 8.60. The van der Waals surface area contributed by atoms with Crippen molar-refractivity contribution in [1.82, 2.24) is 16.0 Å². The topological polar surface area (TPSA) is 178 Å². The van der Waals surface area contributed by atoms with E-state index in [1.54, 1.807) is 92.6 Å². The van der Waals surface area contributed by atoms with Gasteiger partial charge in [0, 0.05) is 0 Å². The van der Waals surface area contributed by atoms with Crippen molar-refractivity contribution < 1.29 is 56.9 Å². The fourth-order valence-corrected chi connectivity index (χ4v) is 8.60. The number of carbonyl (C=O) groups excluding carboxylic acids is 4. The van der Waals surface area contributed by atoms with Gasteiger partial charge in [-0.3, -0.25) is 4.79 Å². The average Bonchev–Trinajstić information content (AvgIpc) is 3.50. The van der Waals surface area contributed by atoms with E-state index in [-0.39, 0.29) is 62.1 Å². The number of amides is 3. The first-order valence-electron chi connectivity index (χ1n) is 21.6. The van der Waals surface area contributed by atoms with E-state index in [2.05, 4.69) is 36.7 Å². The maximum absolute atomic E-state index is 14.1. The lowest BCUT2D eigenvalue weighted by Crippen LogP contribution is -2.65. The molecule has 2 bridgehead atoms. The van der Waals surface area contributed by atoms with Crippen molar-refractivity contribution in [2.45, 2.75) is 143 Å². The molecule has 1 aliphatic heterocycles. The van der Waals surface area contributed by atoms with Crippen LogP contribution in [-0.2, 0) is 41.2 Å². The summed E-state index contributed by atoms with van der Waals surface area (Å²) >= 11 is 0. The number of carbonyl (C=O) groups is 4. The van der Waals surface area contributed by atoms with E-state index < -0.39 is 53.6 Å². The van der Waals surface area contributed by atoms with Gasteiger partial charge in [-0.15, -0.1) is 0 Å². The molecule has 2 aromatic carbocycles. The summed E-state index contributed by atoms with van der Waals surface area (Å²) in [4.78, 5) is 51.9. The molecule has 3 aliphatic carbocycles. The third kappa shape index (κ3) is 12.5. The predicted molar refractivity (Wildman–Crippen MR) is 234 cm³/mol. The molecule has 0 radical (unpaired) electrons. The van der Waals surface area contributed by atoms with E-state index in [0.717, 1.165) is 12.8 Å². The minimum Gasteiger partial charge on any atom is -0.496 e. The van der Waals surface area contributed by atoms with Gasteiger partial charge in [0.1, 0.15) is 41.3 Å². The van der Waals surface area contributed by atoms with Crippen LogP contribution < -0.4 is 30.2 Å². The summed E-state index contributed by atoms with van der Waals surface area (Å²) in [5.74, 6) is 0.407. The van der Waals surface area contributed by atoms with Crippen molar-refractivity contribution in [3.63, 3.8) is 0 Å². The molecule has 342 valence electrons. The third-order valence-electron chi connectivity index (χ3n) is 11.4. The minimum atomic E-state index is -0.777. The first-order chi connectivity index (χ1) is 28.8. The largest absolute Gasteiger partial charge is 0.496 e. The van der Waals surface area contributed by atoms with Crippen LogP contribution in [0.25, 0.3) is 0 Å². The molecule has 4 unspecified atom stereocenters. The Balaban J connectivity index is 1.35. The van der Waals surface area contributed by atoms with Gasteiger partial charge in [-0.2, -0.15) is 0 Å². The molecule has 6 rings (SSSR count). The summed E-state index contributed by atoms with van der Waals surface area (Å²) in [7, 11) is 0.729. The first-order valence-corrected chi connectivity index (χ1v) is 21.6. The molecule has 2 aromatic rings. The average molecular weight is 866 g/mol. The van der Waals surface area contributed by atoms with Crippen LogP contribution in [0.3, 0.4) is 0 Å². The number of hydrogen-bond donors (Lipinski definition) is 3. The lowest BCUT2D eigenvalue weighted by Gasteiger charge is -2.64. The first kappa shape index (κ1) is 48.3. The molecular weight excluding hydrogens is 797 g/mol. The normalized spacial score (nSPS) is 22.0. The van der Waals surface area contributed by atoms with Crippen LogP contribution in [0.5, 0.6) is 17.2 Å². The summed E-state index contributed by atoms with van der Waals surface area (Å²) in [6.45, 7) is 23.3. The van der Waals surface area contributed by atoms with Crippen molar-refractivity contribution in [3.8, 4) is 17.2 Å². The molecule has 5 atom stereocenters. The van der Waals surface area contributed by atoms with Crippen LogP contribution in [0.15, 0.2) is 36.4 Å². The Bertz CT molecular complexity index is 1940. The summed E-state index contributed by atoms with van der Waals surface area (Å²) < 4.78 is 47.8. The molecule has 3 amide bonds. The highest BCUT2D eigenvalue weighted by atomic mass is 16.7. The van der Waals surface area contributed by atoms with Crippen LogP contribution in [0.1, 0.15) is 117 Å². The van der Waals surface area contributed by atoms with Gasteiger partial charge >= 0.3 is 25.3 Å². The molecule has 4 fully saturated rings. The molecule has 16 heteroatoms. The van der Waals surface area contributed by atoms with Crippen LogP contribution in [0, 0.1) is 17.3 Å². The number of hydrogen-bond acceptors (Lipinski definition) is 12. The number of ether oxygens (including phenoxy) is 6. The zero-order valence-corrected chi connectivity index (χ0v) is 38.9. The highest BCUT2D eigenvalue weighted by molar-refractivity contribution is 6.48. The lowest BCUT2D eigenvalue weighted by atomic mass is 9.43. The molecule has 62 heavy (non-hydrogen) atoms. The van der Waals surface area contributed by atoms with Crippen LogP contribution in [0.4, 0.5) is 9.59 Å². The molecule has 3 saturated carbocycles. The van der Waals surface area contributed by atoms with Gasteiger partial charge in [0.15, 0.2) is 11.5 Å². The van der Waals surface area contributed by atoms with E-state index in [1.807, 2.05) is 6.07 Å². The molecule has 1 saturated heterocycles. The summed E-state index contributed by atoms with van der Waals surface area (Å²) in [5.41, 5.74) is -0.864. The zero-order chi connectivity index (χ0) is 45.8. The lowest BCUT2D eigenvalue weighted by molar-refractivity contribution is -0.199. The second-order valence-electron chi connectivity index (χ2n) is 20.2. The van der Waals surface area contributed by atoms with Gasteiger partial charge in [0.05, 0.1) is 44.3 Å². The Morgan fingerprint density at radius 3 is 1.97 bits per heavy atom. The van der Waals surface area contributed by atoms with E-state index >= 15 is 0 Å². The SMILES string of the molecule is COc1c(C[C@H](NC(=O)Cc2ccc(OCCNC(=O)OC(C)(C)C)c(OCCNC(=O)OC(C)(C)C)c2)B2OC3CC4CC(C4(C)C)C3(C)O2)cccc1C(=O)OC(C)(C)C. The van der Waals surface area contributed by atoms with Gasteiger partial charge in [0.25, 0.3) is 0 Å². The molecule has 4 aliphatic rings. The monoisotopic (exact) mass is 865 g/mol. The summed E-state index contributed by atoms with van der Waals surface area (Å²) in [6, 6.07) is 10.5. The summed E-state index contributed by atoms with van der Waals surface area (Å²) in [6.07, 6.45) is 0.862. The number of benzene rings is 2. The Labute approximate surface area is 367 Å². The maximum atomic E-state index is 14.1. The second kappa shape index (κ2) is 19.0.